The Labute approximate surface area is 118 Å². The largest absolute Gasteiger partial charge is 0.516 e. The molecule has 21 heavy (non-hydrogen) atoms. The van der Waals surface area contributed by atoms with Gasteiger partial charge in [0, 0.05) is 0 Å². The molecule has 0 bridgehead atoms. The summed E-state index contributed by atoms with van der Waals surface area (Å²) in [4.78, 5) is 9.81. The molecule has 0 rings (SSSR count). The summed E-state index contributed by atoms with van der Waals surface area (Å²) in [5.41, 5.74) is -5.96. The molecule has 12 heteroatoms. The number of sulfonamides is 1. The maximum atomic E-state index is 11.4. The number of rotatable bonds is 2. The van der Waals surface area contributed by atoms with E-state index in [1.165, 1.54) is 0 Å². The Balaban J connectivity index is 0. The van der Waals surface area contributed by atoms with E-state index < -0.39 is 27.6 Å². The van der Waals surface area contributed by atoms with Gasteiger partial charge in [-0.05, 0) is 13.8 Å². The minimum Gasteiger partial charge on any atom is -0.329 e. The maximum Gasteiger partial charge on any atom is 0.516 e. The fourth-order valence-corrected chi connectivity index (χ4v) is 0.713. The highest BCUT2D eigenvalue weighted by Gasteiger charge is 2.51. The van der Waals surface area contributed by atoms with Gasteiger partial charge in [0.05, 0.1) is 27.2 Å². The van der Waals surface area contributed by atoms with E-state index in [0.717, 1.165) is 10.5 Å². The van der Waals surface area contributed by atoms with Crippen LogP contribution in [0.2, 0.25) is 0 Å². The smallest absolute Gasteiger partial charge is 0.329 e. The van der Waals surface area contributed by atoms with Crippen molar-refractivity contribution in [1.29, 1.82) is 0 Å². The van der Waals surface area contributed by atoms with E-state index in [1.54, 1.807) is 0 Å². The lowest BCUT2D eigenvalue weighted by molar-refractivity contribution is -0.891. The number of halogens is 6. The van der Waals surface area contributed by atoms with Crippen LogP contribution in [0, 0.1) is 0 Å². The van der Waals surface area contributed by atoms with Gasteiger partial charge in [-0.25, -0.2) is 4.72 Å². The highest BCUT2D eigenvalue weighted by molar-refractivity contribution is 7.90. The van der Waals surface area contributed by atoms with Crippen LogP contribution in [-0.4, -0.2) is 57.7 Å². The minimum absolute atomic E-state index is 0.181. The number of hydrogen-bond donors (Lipinski definition) is 1. The quantitative estimate of drug-likeness (QED) is 0.610. The SMILES string of the molecule is CC(C)[N+](C)(C)C.O=C(NS(=O)(=O)C(F)(F)F)C(F)(F)F. The first-order chi connectivity index (χ1) is 8.82. The van der Waals surface area contributed by atoms with E-state index in [0.29, 0.717) is 0 Å². The fourth-order valence-electron chi connectivity index (χ4n) is 0.238. The third-order valence-electron chi connectivity index (χ3n) is 2.34. The van der Waals surface area contributed by atoms with Crippen LogP contribution >= 0.6 is 0 Å². The molecule has 0 aromatic heterocycles. The number of alkyl halides is 6. The second kappa shape index (κ2) is 6.81. The molecule has 5 nitrogen and oxygen atoms in total. The molecule has 0 fully saturated rings. The molecular weight excluding hydrogens is 330 g/mol. The highest BCUT2D eigenvalue weighted by Crippen LogP contribution is 2.23. The van der Waals surface area contributed by atoms with Crippen LogP contribution in [0.3, 0.4) is 0 Å². The molecule has 0 aromatic rings. The van der Waals surface area contributed by atoms with Crippen molar-refractivity contribution in [3.8, 4) is 0 Å². The molecule has 1 amide bonds. The summed E-state index contributed by atoms with van der Waals surface area (Å²) in [6, 6.07) is 0.736. The van der Waals surface area contributed by atoms with Crippen LogP contribution in [-0.2, 0) is 14.8 Å². The molecule has 128 valence electrons. The normalized spacial score (nSPS) is 13.5. The number of carbonyl (C=O) groups excluding carboxylic acids is 1. The first-order valence-corrected chi connectivity index (χ1v) is 6.82. The molecule has 0 radical (unpaired) electrons. The summed E-state index contributed by atoms with van der Waals surface area (Å²) >= 11 is 0. The number of quaternary nitrogens is 1. The summed E-state index contributed by atoms with van der Waals surface area (Å²) < 4.78 is 89.0. The summed E-state index contributed by atoms with van der Waals surface area (Å²) in [6.45, 7) is 4.44. The summed E-state index contributed by atoms with van der Waals surface area (Å²) in [6.07, 6.45) is -5.70. The van der Waals surface area contributed by atoms with E-state index >= 15 is 0 Å². The highest BCUT2D eigenvalue weighted by atomic mass is 32.2. The lowest BCUT2D eigenvalue weighted by Gasteiger charge is -2.28. The number of nitrogens with one attached hydrogen (secondary N) is 1. The fraction of sp³-hybridized carbons (Fsp3) is 0.889. The monoisotopic (exact) mass is 347 g/mol. The van der Waals surface area contributed by atoms with E-state index in [1.807, 2.05) is 0 Å². The Morgan fingerprint density at radius 2 is 1.29 bits per heavy atom. The van der Waals surface area contributed by atoms with Gasteiger partial charge in [-0.1, -0.05) is 0 Å². The van der Waals surface area contributed by atoms with Crippen LogP contribution in [0.5, 0.6) is 0 Å². The average Bonchev–Trinajstić information content (AvgIpc) is 2.12. The van der Waals surface area contributed by atoms with Gasteiger partial charge in [-0.2, -0.15) is 34.8 Å². The average molecular weight is 347 g/mol. The standard InChI is InChI=1S/C6H16N.C3HF6NO3S/c1-6(2)7(3,4)5;4-2(5,6)1(11)10-14(12,13)3(7,8)9/h6H,1-5H3;(H,10,11)/q+1;. The van der Waals surface area contributed by atoms with Crippen molar-refractivity contribution >= 4 is 15.9 Å². The van der Waals surface area contributed by atoms with Crippen LogP contribution in [0.1, 0.15) is 13.8 Å². The van der Waals surface area contributed by atoms with Crippen LogP contribution in [0.4, 0.5) is 26.3 Å². The second-order valence-electron chi connectivity index (χ2n) is 5.09. The summed E-state index contributed by atoms with van der Waals surface area (Å²) in [5, 5.41) is 0. The Kier molecular flexibility index (Phi) is 7.22. The van der Waals surface area contributed by atoms with E-state index in [4.69, 9.17) is 0 Å². The molecule has 0 saturated carbocycles. The number of nitrogens with zero attached hydrogens (tertiary/aromatic N) is 1. The van der Waals surface area contributed by atoms with Gasteiger partial charge < -0.3 is 4.48 Å². The third kappa shape index (κ3) is 8.75. The molecule has 0 unspecified atom stereocenters. The topological polar surface area (TPSA) is 63.2 Å². The van der Waals surface area contributed by atoms with Crippen molar-refractivity contribution < 1.29 is 44.0 Å². The Bertz CT molecular complexity index is 448. The first kappa shape index (κ1) is 22.2. The summed E-state index contributed by atoms with van der Waals surface area (Å²) in [7, 11) is 0.298. The van der Waals surface area contributed by atoms with Gasteiger partial charge in [-0.15, -0.1) is 0 Å². The zero-order valence-corrected chi connectivity index (χ0v) is 12.7. The number of carbonyl (C=O) groups is 1. The molecule has 0 aromatic carbocycles. The summed E-state index contributed by atoms with van der Waals surface area (Å²) in [5.74, 6) is -3.20. The zero-order valence-electron chi connectivity index (χ0n) is 11.9. The molecule has 0 heterocycles. The van der Waals surface area contributed by atoms with Crippen LogP contribution < -0.4 is 4.72 Å². The van der Waals surface area contributed by atoms with E-state index in [2.05, 4.69) is 35.0 Å². The zero-order chi connectivity index (χ0) is 17.9. The first-order valence-electron chi connectivity index (χ1n) is 5.33. The molecule has 0 atom stereocenters. The minimum atomic E-state index is -6.30. The van der Waals surface area contributed by atoms with E-state index in [-0.39, 0.29) is 4.72 Å². The van der Waals surface area contributed by atoms with Crippen molar-refractivity contribution in [3.05, 3.63) is 0 Å². The van der Waals surface area contributed by atoms with Crippen molar-refractivity contribution in [2.45, 2.75) is 31.6 Å². The Hall–Kier alpha value is -1.04. The predicted molar refractivity (Wildman–Crippen MR) is 62.3 cm³/mol. The van der Waals surface area contributed by atoms with Crippen molar-refractivity contribution in [1.82, 2.24) is 4.72 Å². The van der Waals surface area contributed by atoms with Gasteiger partial charge in [0.1, 0.15) is 0 Å². The molecular formula is C9H17F6N2O3S+. The third-order valence-corrected chi connectivity index (χ3v) is 3.40. The molecule has 1 N–H and O–H groups in total. The number of hydrogen-bond acceptors (Lipinski definition) is 3. The van der Waals surface area contributed by atoms with Crippen molar-refractivity contribution in [3.63, 3.8) is 0 Å². The second-order valence-corrected chi connectivity index (χ2v) is 6.76. The lowest BCUT2D eigenvalue weighted by Crippen LogP contribution is -2.46. The van der Waals surface area contributed by atoms with Gasteiger partial charge in [0.2, 0.25) is 0 Å². The van der Waals surface area contributed by atoms with Crippen LogP contribution in [0.15, 0.2) is 0 Å². The van der Waals surface area contributed by atoms with Gasteiger partial charge in [0.15, 0.2) is 0 Å². The molecule has 0 aliphatic heterocycles. The van der Waals surface area contributed by atoms with Gasteiger partial charge in [0.25, 0.3) is 0 Å². The molecule has 0 aliphatic rings. The molecule has 0 aliphatic carbocycles. The van der Waals surface area contributed by atoms with Crippen molar-refractivity contribution in [2.24, 2.45) is 0 Å². The predicted octanol–water partition coefficient (Wildman–Crippen LogP) is 1.62. The molecule has 0 spiro atoms. The molecule has 0 saturated heterocycles. The Morgan fingerprint density at radius 3 is 1.43 bits per heavy atom. The van der Waals surface area contributed by atoms with E-state index in [9.17, 15) is 39.6 Å². The van der Waals surface area contributed by atoms with Gasteiger partial charge in [-0.3, -0.25) is 4.79 Å². The van der Waals surface area contributed by atoms with Crippen LogP contribution in [0.25, 0.3) is 0 Å². The number of amides is 1. The lowest BCUT2D eigenvalue weighted by atomic mass is 10.3. The maximum absolute atomic E-state index is 11.4. The van der Waals surface area contributed by atoms with Gasteiger partial charge >= 0.3 is 27.6 Å². The van der Waals surface area contributed by atoms with Crippen molar-refractivity contribution in [2.75, 3.05) is 21.1 Å². The Morgan fingerprint density at radius 1 is 1.00 bits per heavy atom.